The SMILES string of the molecule is CC1(C)CC(C(=O)c2ccccn2)(C2CCCN(CC3=CCCC=C3)CC2)CCO1. The standard InChI is InChI=1S/C26H36N2O2/c1-25(2)20-26(14-18-30-25,24(29)23-12-6-7-15-27-23)22-11-8-16-28(17-13-22)19-21-9-4-3-5-10-21/h4,6-7,9-10,12,15,22H,3,5,8,11,13-14,16-20H2,1-2H3. The lowest BCUT2D eigenvalue weighted by molar-refractivity contribution is -0.109. The van der Waals surface area contributed by atoms with Crippen molar-refractivity contribution in [3.8, 4) is 0 Å². The predicted molar refractivity (Wildman–Crippen MR) is 121 cm³/mol. The van der Waals surface area contributed by atoms with Crippen LogP contribution in [0.25, 0.3) is 0 Å². The molecule has 0 bridgehead atoms. The van der Waals surface area contributed by atoms with Gasteiger partial charge in [-0.25, -0.2) is 0 Å². The van der Waals surface area contributed by atoms with E-state index in [0.29, 0.717) is 18.2 Å². The van der Waals surface area contributed by atoms with E-state index in [1.165, 1.54) is 18.4 Å². The minimum Gasteiger partial charge on any atom is -0.376 e. The fraction of sp³-hybridized carbons (Fsp3) is 0.615. The van der Waals surface area contributed by atoms with Crippen molar-refractivity contribution >= 4 is 5.78 Å². The van der Waals surface area contributed by atoms with Crippen LogP contribution in [0, 0.1) is 11.3 Å². The maximum Gasteiger partial charge on any atom is 0.187 e. The smallest absolute Gasteiger partial charge is 0.187 e. The Balaban J connectivity index is 1.54. The average molecular weight is 409 g/mol. The molecule has 2 fully saturated rings. The van der Waals surface area contributed by atoms with E-state index in [9.17, 15) is 4.79 Å². The molecule has 0 spiro atoms. The van der Waals surface area contributed by atoms with Crippen LogP contribution in [0.3, 0.4) is 0 Å². The fourth-order valence-electron chi connectivity index (χ4n) is 5.80. The Kier molecular flexibility index (Phi) is 6.54. The first-order chi connectivity index (χ1) is 14.5. The topological polar surface area (TPSA) is 42.4 Å². The van der Waals surface area contributed by atoms with Crippen molar-refractivity contribution in [1.82, 2.24) is 9.88 Å². The molecule has 4 heteroatoms. The van der Waals surface area contributed by atoms with Gasteiger partial charge in [-0.2, -0.15) is 0 Å². The molecule has 0 N–H and O–H groups in total. The van der Waals surface area contributed by atoms with Crippen LogP contribution < -0.4 is 0 Å². The van der Waals surface area contributed by atoms with Crippen LogP contribution in [0.2, 0.25) is 0 Å². The van der Waals surface area contributed by atoms with E-state index >= 15 is 0 Å². The molecule has 2 unspecified atom stereocenters. The Morgan fingerprint density at radius 3 is 2.87 bits per heavy atom. The van der Waals surface area contributed by atoms with Crippen molar-refractivity contribution in [3.63, 3.8) is 0 Å². The third-order valence-corrected chi connectivity index (χ3v) is 7.21. The van der Waals surface area contributed by atoms with Crippen LogP contribution in [0.1, 0.15) is 69.3 Å². The predicted octanol–water partition coefficient (Wildman–Crippen LogP) is 5.22. The second kappa shape index (κ2) is 9.15. The lowest BCUT2D eigenvalue weighted by Gasteiger charge is -2.48. The van der Waals surface area contributed by atoms with Gasteiger partial charge in [-0.3, -0.25) is 14.7 Å². The zero-order valence-corrected chi connectivity index (χ0v) is 18.6. The second-order valence-corrected chi connectivity index (χ2v) is 9.90. The Morgan fingerprint density at radius 2 is 2.13 bits per heavy atom. The number of aromatic nitrogens is 1. The van der Waals surface area contributed by atoms with Gasteiger partial charge in [-0.15, -0.1) is 0 Å². The molecule has 0 radical (unpaired) electrons. The van der Waals surface area contributed by atoms with Gasteiger partial charge < -0.3 is 4.74 Å². The van der Waals surface area contributed by atoms with Crippen LogP contribution in [0.4, 0.5) is 0 Å². The van der Waals surface area contributed by atoms with E-state index in [4.69, 9.17) is 4.74 Å². The normalized spacial score (nSPS) is 29.8. The van der Waals surface area contributed by atoms with Gasteiger partial charge in [0.15, 0.2) is 5.78 Å². The highest BCUT2D eigenvalue weighted by molar-refractivity contribution is 5.99. The van der Waals surface area contributed by atoms with Crippen LogP contribution in [-0.2, 0) is 4.74 Å². The number of rotatable bonds is 5. The molecule has 4 rings (SSSR count). The Hall–Kier alpha value is -1.78. The van der Waals surface area contributed by atoms with E-state index in [1.54, 1.807) is 6.20 Å². The molecular weight excluding hydrogens is 372 g/mol. The lowest BCUT2D eigenvalue weighted by Crippen LogP contribution is -2.50. The first kappa shape index (κ1) is 21.5. The number of hydrogen-bond acceptors (Lipinski definition) is 4. The maximum atomic E-state index is 13.9. The number of pyridine rings is 1. The van der Waals surface area contributed by atoms with Crippen molar-refractivity contribution in [2.45, 2.75) is 64.4 Å². The maximum absolute atomic E-state index is 13.9. The minimum absolute atomic E-state index is 0.232. The molecule has 2 saturated heterocycles. The average Bonchev–Trinajstić information content (AvgIpc) is 3.00. The van der Waals surface area contributed by atoms with E-state index in [1.807, 2.05) is 18.2 Å². The van der Waals surface area contributed by atoms with Gasteiger partial charge >= 0.3 is 0 Å². The van der Waals surface area contributed by atoms with E-state index < -0.39 is 0 Å². The fourth-order valence-corrected chi connectivity index (χ4v) is 5.80. The molecule has 3 aliphatic rings. The number of carbonyl (C=O) groups excluding carboxylic acids is 1. The summed E-state index contributed by atoms with van der Waals surface area (Å²) in [6.45, 7) is 8.15. The van der Waals surface area contributed by atoms with Crippen LogP contribution >= 0.6 is 0 Å². The first-order valence-corrected chi connectivity index (χ1v) is 11.7. The number of allylic oxidation sites excluding steroid dienone is 2. The van der Waals surface area contributed by atoms with E-state index in [2.05, 4.69) is 42.0 Å². The molecule has 4 nitrogen and oxygen atoms in total. The molecule has 30 heavy (non-hydrogen) atoms. The minimum atomic E-state index is -0.365. The zero-order valence-electron chi connectivity index (χ0n) is 18.6. The summed E-state index contributed by atoms with van der Waals surface area (Å²) in [4.78, 5) is 20.9. The van der Waals surface area contributed by atoms with E-state index in [0.717, 1.165) is 51.7 Å². The summed E-state index contributed by atoms with van der Waals surface area (Å²) in [5.74, 6) is 0.618. The Morgan fingerprint density at radius 1 is 1.23 bits per heavy atom. The van der Waals surface area contributed by atoms with Gasteiger partial charge in [0, 0.05) is 24.8 Å². The molecule has 1 aromatic heterocycles. The third-order valence-electron chi connectivity index (χ3n) is 7.21. The van der Waals surface area contributed by atoms with Crippen molar-refractivity contribution in [2.24, 2.45) is 11.3 Å². The summed E-state index contributed by atoms with van der Waals surface area (Å²) in [6.07, 6.45) is 16.0. The highest BCUT2D eigenvalue weighted by Gasteiger charge is 2.51. The third kappa shape index (κ3) is 4.76. The molecule has 0 saturated carbocycles. The molecule has 2 atom stereocenters. The van der Waals surface area contributed by atoms with Crippen LogP contribution in [0.5, 0.6) is 0 Å². The highest BCUT2D eigenvalue weighted by atomic mass is 16.5. The number of hydrogen-bond donors (Lipinski definition) is 0. The van der Waals surface area contributed by atoms with Gasteiger partial charge in [0.05, 0.1) is 5.60 Å². The molecular formula is C26H36N2O2. The molecule has 0 amide bonds. The largest absolute Gasteiger partial charge is 0.376 e. The monoisotopic (exact) mass is 408 g/mol. The summed E-state index contributed by atoms with van der Waals surface area (Å²) in [6, 6.07) is 5.70. The Labute approximate surface area is 181 Å². The van der Waals surface area contributed by atoms with Gasteiger partial charge in [-0.1, -0.05) is 24.3 Å². The molecule has 3 heterocycles. The van der Waals surface area contributed by atoms with Crippen LogP contribution in [-0.4, -0.2) is 47.5 Å². The van der Waals surface area contributed by atoms with Gasteiger partial charge in [0.1, 0.15) is 5.69 Å². The van der Waals surface area contributed by atoms with Crippen molar-refractivity contribution in [2.75, 3.05) is 26.2 Å². The molecule has 0 aromatic carbocycles. The number of Topliss-reactive ketones (excluding diaryl/α,β-unsaturated/α-hetero) is 1. The first-order valence-electron chi connectivity index (χ1n) is 11.7. The van der Waals surface area contributed by atoms with Crippen LogP contribution in [0.15, 0.2) is 48.2 Å². The number of carbonyl (C=O) groups is 1. The highest BCUT2D eigenvalue weighted by Crippen LogP contribution is 2.49. The second-order valence-electron chi connectivity index (χ2n) is 9.90. The molecule has 1 aromatic rings. The summed E-state index contributed by atoms with van der Waals surface area (Å²) < 4.78 is 6.05. The zero-order chi connectivity index (χ0) is 21.0. The summed E-state index contributed by atoms with van der Waals surface area (Å²) in [5.41, 5.74) is 1.43. The van der Waals surface area contributed by atoms with E-state index in [-0.39, 0.29) is 16.8 Å². The summed E-state index contributed by atoms with van der Waals surface area (Å²) in [5, 5.41) is 0. The van der Waals surface area contributed by atoms with Gasteiger partial charge in [0.2, 0.25) is 0 Å². The number of ether oxygens (including phenoxy) is 1. The summed E-state index contributed by atoms with van der Waals surface area (Å²) >= 11 is 0. The molecule has 2 aliphatic heterocycles. The number of likely N-dealkylation sites (tertiary alicyclic amines) is 1. The lowest BCUT2D eigenvalue weighted by atomic mass is 9.60. The molecule has 162 valence electrons. The van der Waals surface area contributed by atoms with Crippen molar-refractivity contribution in [3.05, 3.63) is 53.9 Å². The van der Waals surface area contributed by atoms with Crippen molar-refractivity contribution in [1.29, 1.82) is 0 Å². The quantitative estimate of drug-likeness (QED) is 0.627. The van der Waals surface area contributed by atoms with Crippen molar-refractivity contribution < 1.29 is 9.53 Å². The molecule has 1 aliphatic carbocycles. The number of ketones is 1. The van der Waals surface area contributed by atoms with Gasteiger partial charge in [0.25, 0.3) is 0 Å². The summed E-state index contributed by atoms with van der Waals surface area (Å²) in [7, 11) is 0. The van der Waals surface area contributed by atoms with Gasteiger partial charge in [-0.05, 0) is 95.5 Å². The number of nitrogens with zero attached hydrogens (tertiary/aromatic N) is 2. The Bertz CT molecular complexity index is 799.